The van der Waals surface area contributed by atoms with Crippen molar-refractivity contribution in [3.63, 3.8) is 0 Å². The first-order valence-electron chi connectivity index (χ1n) is 5.47. The van der Waals surface area contributed by atoms with Gasteiger partial charge in [-0.3, -0.25) is 0 Å². The molecule has 0 aliphatic rings. The summed E-state index contributed by atoms with van der Waals surface area (Å²) >= 11 is 1.25. The second-order valence-electron chi connectivity index (χ2n) is 4.43. The maximum absolute atomic E-state index is 11.8. The molecule has 0 radical (unpaired) electrons. The van der Waals surface area contributed by atoms with Gasteiger partial charge in [-0.1, -0.05) is 19.9 Å². The Balaban J connectivity index is 2.54. The molecule has 1 N–H and O–H groups in total. The Morgan fingerprint density at radius 1 is 1.31 bits per heavy atom. The standard InChI is InChI=1S/C11H19NO2S2/c1-9(2)6-7-10(3)12-16(13,14)11-5-4-8-15-11/h4-5,8-10,12H,6-7H2,1-3H3. The molecule has 92 valence electrons. The average molecular weight is 261 g/mol. The summed E-state index contributed by atoms with van der Waals surface area (Å²) in [6.07, 6.45) is 1.91. The third-order valence-corrected chi connectivity index (χ3v) is 5.28. The molecule has 0 bridgehead atoms. The molecule has 5 heteroatoms. The summed E-state index contributed by atoms with van der Waals surface area (Å²) in [6.45, 7) is 6.19. The molecule has 0 saturated carbocycles. The lowest BCUT2D eigenvalue weighted by Crippen LogP contribution is -2.32. The molecule has 0 fully saturated rings. The zero-order valence-corrected chi connectivity index (χ0v) is 11.6. The van der Waals surface area contributed by atoms with Gasteiger partial charge < -0.3 is 0 Å². The molecular weight excluding hydrogens is 242 g/mol. The van der Waals surface area contributed by atoms with Crippen LogP contribution in [0.1, 0.15) is 33.6 Å². The van der Waals surface area contributed by atoms with Gasteiger partial charge in [-0.15, -0.1) is 11.3 Å². The van der Waals surface area contributed by atoms with Crippen LogP contribution in [0.4, 0.5) is 0 Å². The summed E-state index contributed by atoms with van der Waals surface area (Å²) in [5.41, 5.74) is 0. The number of rotatable bonds is 6. The van der Waals surface area contributed by atoms with Gasteiger partial charge in [0.25, 0.3) is 0 Å². The fourth-order valence-electron chi connectivity index (χ4n) is 1.38. The van der Waals surface area contributed by atoms with Crippen molar-refractivity contribution >= 4 is 21.4 Å². The maximum Gasteiger partial charge on any atom is 0.250 e. The highest BCUT2D eigenvalue weighted by molar-refractivity contribution is 7.91. The molecule has 3 nitrogen and oxygen atoms in total. The lowest BCUT2D eigenvalue weighted by atomic mass is 10.1. The van der Waals surface area contributed by atoms with Crippen LogP contribution >= 0.6 is 11.3 Å². The first kappa shape index (κ1) is 13.7. The zero-order chi connectivity index (χ0) is 12.2. The highest BCUT2D eigenvalue weighted by Crippen LogP contribution is 2.16. The third kappa shape index (κ3) is 4.23. The van der Waals surface area contributed by atoms with Crippen molar-refractivity contribution in [2.24, 2.45) is 5.92 Å². The molecule has 1 rings (SSSR count). The monoisotopic (exact) mass is 261 g/mol. The van der Waals surface area contributed by atoms with Crippen LogP contribution in [0.25, 0.3) is 0 Å². The molecule has 0 aromatic carbocycles. The minimum absolute atomic E-state index is 0.00509. The van der Waals surface area contributed by atoms with Crippen molar-refractivity contribution < 1.29 is 8.42 Å². The van der Waals surface area contributed by atoms with E-state index in [-0.39, 0.29) is 6.04 Å². The number of thiophene rings is 1. The Morgan fingerprint density at radius 3 is 2.50 bits per heavy atom. The van der Waals surface area contributed by atoms with Crippen molar-refractivity contribution in [3.8, 4) is 0 Å². The summed E-state index contributed by atoms with van der Waals surface area (Å²) in [5.74, 6) is 0.605. The fraction of sp³-hybridized carbons (Fsp3) is 0.636. The highest BCUT2D eigenvalue weighted by Gasteiger charge is 2.17. The van der Waals surface area contributed by atoms with Crippen LogP contribution < -0.4 is 4.72 Å². The quantitative estimate of drug-likeness (QED) is 0.856. The summed E-state index contributed by atoms with van der Waals surface area (Å²) in [5, 5.41) is 1.77. The molecule has 0 aliphatic heterocycles. The molecule has 1 aromatic rings. The van der Waals surface area contributed by atoms with Gasteiger partial charge >= 0.3 is 0 Å². The first-order valence-corrected chi connectivity index (χ1v) is 7.84. The van der Waals surface area contributed by atoms with E-state index in [1.807, 2.05) is 6.92 Å². The van der Waals surface area contributed by atoms with Crippen LogP contribution in [0.15, 0.2) is 21.7 Å². The van der Waals surface area contributed by atoms with E-state index in [9.17, 15) is 8.42 Å². The number of nitrogens with one attached hydrogen (secondary N) is 1. The molecule has 1 atom stereocenters. The van der Waals surface area contributed by atoms with Crippen LogP contribution in [0, 0.1) is 5.92 Å². The molecule has 1 unspecified atom stereocenters. The normalized spacial score (nSPS) is 14.2. The summed E-state index contributed by atoms with van der Waals surface area (Å²) < 4.78 is 26.8. The van der Waals surface area contributed by atoms with E-state index >= 15 is 0 Å². The number of hydrogen-bond donors (Lipinski definition) is 1. The first-order chi connectivity index (χ1) is 7.42. The van der Waals surface area contributed by atoms with Crippen LogP contribution in [0.2, 0.25) is 0 Å². The lowest BCUT2D eigenvalue weighted by Gasteiger charge is -2.14. The van der Waals surface area contributed by atoms with Crippen molar-refractivity contribution in [3.05, 3.63) is 17.5 Å². The molecule has 0 amide bonds. The van der Waals surface area contributed by atoms with E-state index in [1.54, 1.807) is 17.5 Å². The van der Waals surface area contributed by atoms with Gasteiger partial charge in [0.2, 0.25) is 10.0 Å². The Kier molecular flexibility index (Phi) is 4.95. The third-order valence-electron chi connectivity index (χ3n) is 2.29. The molecule has 0 saturated heterocycles. The van der Waals surface area contributed by atoms with Crippen LogP contribution in [0.3, 0.4) is 0 Å². The zero-order valence-electron chi connectivity index (χ0n) is 9.93. The van der Waals surface area contributed by atoms with E-state index in [1.165, 1.54) is 11.3 Å². The Morgan fingerprint density at radius 2 is 2.00 bits per heavy atom. The molecular formula is C11H19NO2S2. The Labute approximate surface area is 102 Å². The summed E-state index contributed by atoms with van der Waals surface area (Å²) in [6, 6.07) is 3.37. The van der Waals surface area contributed by atoms with Gasteiger partial charge in [-0.2, -0.15) is 0 Å². The minimum Gasteiger partial charge on any atom is -0.208 e. The number of hydrogen-bond acceptors (Lipinski definition) is 3. The largest absolute Gasteiger partial charge is 0.250 e. The fourth-order valence-corrected chi connectivity index (χ4v) is 3.67. The molecule has 0 aliphatic carbocycles. The van der Waals surface area contributed by atoms with Crippen molar-refractivity contribution in [1.82, 2.24) is 4.72 Å². The second-order valence-corrected chi connectivity index (χ2v) is 7.31. The van der Waals surface area contributed by atoms with Gasteiger partial charge in [0.05, 0.1) is 0 Å². The smallest absolute Gasteiger partial charge is 0.208 e. The molecule has 16 heavy (non-hydrogen) atoms. The molecule has 1 heterocycles. The van der Waals surface area contributed by atoms with Crippen molar-refractivity contribution in [2.75, 3.05) is 0 Å². The molecule has 1 aromatic heterocycles. The SMILES string of the molecule is CC(C)CCC(C)NS(=O)(=O)c1cccs1. The van der Waals surface area contributed by atoms with E-state index in [0.29, 0.717) is 10.1 Å². The van der Waals surface area contributed by atoms with E-state index in [2.05, 4.69) is 18.6 Å². The number of sulfonamides is 1. The Hall–Kier alpha value is -0.390. The minimum atomic E-state index is -3.30. The average Bonchev–Trinajstić information content (AvgIpc) is 2.67. The predicted octanol–water partition coefficient (Wildman–Crippen LogP) is 2.85. The van der Waals surface area contributed by atoms with Gasteiger partial charge in [-0.25, -0.2) is 13.1 Å². The van der Waals surface area contributed by atoms with Crippen LogP contribution in [-0.2, 0) is 10.0 Å². The summed E-state index contributed by atoms with van der Waals surface area (Å²) in [4.78, 5) is 0. The van der Waals surface area contributed by atoms with E-state index in [0.717, 1.165) is 12.8 Å². The lowest BCUT2D eigenvalue weighted by molar-refractivity contribution is 0.486. The van der Waals surface area contributed by atoms with Gasteiger partial charge in [0, 0.05) is 6.04 Å². The van der Waals surface area contributed by atoms with Gasteiger partial charge in [0.15, 0.2) is 0 Å². The second kappa shape index (κ2) is 5.80. The van der Waals surface area contributed by atoms with Gasteiger partial charge in [0.1, 0.15) is 4.21 Å². The summed E-state index contributed by atoms with van der Waals surface area (Å²) in [7, 11) is -3.30. The van der Waals surface area contributed by atoms with E-state index < -0.39 is 10.0 Å². The molecule has 0 spiro atoms. The van der Waals surface area contributed by atoms with Crippen LogP contribution in [-0.4, -0.2) is 14.5 Å². The van der Waals surface area contributed by atoms with Crippen LogP contribution in [0.5, 0.6) is 0 Å². The maximum atomic E-state index is 11.8. The van der Waals surface area contributed by atoms with Crippen molar-refractivity contribution in [2.45, 2.75) is 43.9 Å². The van der Waals surface area contributed by atoms with Crippen molar-refractivity contribution in [1.29, 1.82) is 0 Å². The predicted molar refractivity (Wildman–Crippen MR) is 68.2 cm³/mol. The topological polar surface area (TPSA) is 46.2 Å². The van der Waals surface area contributed by atoms with Gasteiger partial charge in [-0.05, 0) is 37.1 Å². The Bertz CT molecular complexity index is 396. The highest BCUT2D eigenvalue weighted by atomic mass is 32.2. The van der Waals surface area contributed by atoms with E-state index in [4.69, 9.17) is 0 Å².